The van der Waals surface area contributed by atoms with Crippen molar-refractivity contribution in [2.24, 2.45) is 4.99 Å². The average Bonchev–Trinajstić information content (AvgIpc) is 2.60. The first-order valence-corrected chi connectivity index (χ1v) is 8.23. The summed E-state index contributed by atoms with van der Waals surface area (Å²) in [6, 6.07) is 5.68. The Hall–Kier alpha value is -1.26. The van der Waals surface area contributed by atoms with E-state index in [9.17, 15) is 0 Å². The molecule has 2 rings (SSSR count). The van der Waals surface area contributed by atoms with Gasteiger partial charge >= 0.3 is 0 Å². The van der Waals surface area contributed by atoms with E-state index in [1.807, 2.05) is 25.1 Å². The van der Waals surface area contributed by atoms with Crippen molar-refractivity contribution in [1.29, 1.82) is 0 Å². The van der Waals surface area contributed by atoms with Crippen LogP contribution in [-0.4, -0.2) is 71.0 Å². The van der Waals surface area contributed by atoms with Gasteiger partial charge in [0.1, 0.15) is 0 Å². The Bertz CT molecular complexity index is 557. The van der Waals surface area contributed by atoms with Crippen LogP contribution in [0.2, 0.25) is 0 Å². The molecular weight excluding hydrogens is 435 g/mol. The van der Waals surface area contributed by atoms with Crippen molar-refractivity contribution in [3.63, 3.8) is 0 Å². The van der Waals surface area contributed by atoms with Crippen molar-refractivity contribution in [3.8, 4) is 11.5 Å². The topological polar surface area (TPSA) is 67.4 Å². The zero-order valence-electron chi connectivity index (χ0n) is 15.4. The van der Waals surface area contributed by atoms with E-state index in [0.29, 0.717) is 18.0 Å². The SMILES string of the molecule is CCNC(=NCC1CN(C)CCO1)Nc1ccc(OC)c(OC)c1.I. The molecule has 1 atom stereocenters. The molecule has 142 valence electrons. The number of methoxy groups -OCH3 is 2. The second kappa shape index (κ2) is 11.4. The van der Waals surface area contributed by atoms with Gasteiger partial charge in [0.15, 0.2) is 17.5 Å². The summed E-state index contributed by atoms with van der Waals surface area (Å²) in [7, 11) is 5.35. The summed E-state index contributed by atoms with van der Waals surface area (Å²) in [4.78, 5) is 6.90. The van der Waals surface area contributed by atoms with Crippen molar-refractivity contribution in [3.05, 3.63) is 18.2 Å². The van der Waals surface area contributed by atoms with E-state index in [0.717, 1.165) is 37.9 Å². The second-order valence-corrected chi connectivity index (χ2v) is 5.67. The summed E-state index contributed by atoms with van der Waals surface area (Å²) in [5, 5.41) is 6.54. The third-order valence-corrected chi connectivity index (χ3v) is 3.79. The van der Waals surface area contributed by atoms with Crippen molar-refractivity contribution in [2.75, 3.05) is 59.4 Å². The van der Waals surface area contributed by atoms with Crippen LogP contribution in [0, 0.1) is 0 Å². The largest absolute Gasteiger partial charge is 0.493 e. The Balaban J connectivity index is 0.00000312. The van der Waals surface area contributed by atoms with Crippen LogP contribution < -0.4 is 20.1 Å². The Labute approximate surface area is 167 Å². The van der Waals surface area contributed by atoms with E-state index in [1.165, 1.54) is 0 Å². The molecule has 0 amide bonds. The van der Waals surface area contributed by atoms with Gasteiger partial charge in [0.2, 0.25) is 0 Å². The molecule has 2 N–H and O–H groups in total. The minimum atomic E-state index is 0. The summed E-state index contributed by atoms with van der Waals surface area (Å²) in [5.41, 5.74) is 0.883. The summed E-state index contributed by atoms with van der Waals surface area (Å²) in [5.74, 6) is 2.10. The lowest BCUT2D eigenvalue weighted by Crippen LogP contribution is -2.42. The maximum absolute atomic E-state index is 5.75. The third-order valence-electron chi connectivity index (χ3n) is 3.79. The monoisotopic (exact) mass is 464 g/mol. The number of rotatable bonds is 6. The van der Waals surface area contributed by atoms with E-state index in [-0.39, 0.29) is 30.1 Å². The Morgan fingerprint density at radius 2 is 2.08 bits per heavy atom. The van der Waals surface area contributed by atoms with Crippen LogP contribution in [-0.2, 0) is 4.74 Å². The first-order chi connectivity index (χ1) is 11.7. The van der Waals surface area contributed by atoms with Crippen LogP contribution in [0.15, 0.2) is 23.2 Å². The number of likely N-dealkylation sites (N-methyl/N-ethyl adjacent to an activating group) is 1. The van der Waals surface area contributed by atoms with Crippen LogP contribution in [0.3, 0.4) is 0 Å². The maximum atomic E-state index is 5.75. The number of hydrogen-bond acceptors (Lipinski definition) is 5. The fourth-order valence-electron chi connectivity index (χ4n) is 2.53. The number of benzene rings is 1. The highest BCUT2D eigenvalue weighted by Crippen LogP contribution is 2.29. The summed E-state index contributed by atoms with van der Waals surface area (Å²) < 4.78 is 16.3. The average molecular weight is 464 g/mol. The zero-order chi connectivity index (χ0) is 17.4. The lowest BCUT2D eigenvalue weighted by atomic mass is 10.2. The molecule has 0 bridgehead atoms. The van der Waals surface area contributed by atoms with Crippen LogP contribution in [0.5, 0.6) is 11.5 Å². The summed E-state index contributed by atoms with van der Waals surface area (Å²) in [6.45, 7) is 6.08. The number of ether oxygens (including phenoxy) is 3. The molecule has 1 fully saturated rings. The Morgan fingerprint density at radius 1 is 1.32 bits per heavy atom. The molecule has 1 heterocycles. The molecule has 1 saturated heterocycles. The van der Waals surface area contributed by atoms with Gasteiger partial charge in [-0.25, -0.2) is 0 Å². The smallest absolute Gasteiger partial charge is 0.195 e. The number of guanidine groups is 1. The zero-order valence-corrected chi connectivity index (χ0v) is 17.7. The van der Waals surface area contributed by atoms with Gasteiger partial charge in [-0.2, -0.15) is 0 Å². The molecule has 8 heteroatoms. The predicted octanol–water partition coefficient (Wildman–Crippen LogP) is 2.03. The van der Waals surface area contributed by atoms with Crippen molar-refractivity contribution < 1.29 is 14.2 Å². The number of hydrogen-bond donors (Lipinski definition) is 2. The van der Waals surface area contributed by atoms with Gasteiger partial charge < -0.3 is 29.7 Å². The number of morpholine rings is 1. The molecular formula is C17H29IN4O3. The van der Waals surface area contributed by atoms with Gasteiger partial charge in [-0.15, -0.1) is 24.0 Å². The highest BCUT2D eigenvalue weighted by molar-refractivity contribution is 14.0. The minimum absolute atomic E-state index is 0. The summed E-state index contributed by atoms with van der Waals surface area (Å²) >= 11 is 0. The molecule has 0 radical (unpaired) electrons. The molecule has 0 aromatic heterocycles. The number of nitrogens with one attached hydrogen (secondary N) is 2. The van der Waals surface area contributed by atoms with Gasteiger partial charge in [0.25, 0.3) is 0 Å². The van der Waals surface area contributed by atoms with E-state index in [1.54, 1.807) is 14.2 Å². The molecule has 1 aliphatic heterocycles. The van der Waals surface area contributed by atoms with Crippen molar-refractivity contribution in [1.82, 2.24) is 10.2 Å². The first kappa shape index (κ1) is 21.8. The number of anilines is 1. The molecule has 7 nitrogen and oxygen atoms in total. The van der Waals surface area contributed by atoms with E-state index in [4.69, 9.17) is 14.2 Å². The van der Waals surface area contributed by atoms with E-state index in [2.05, 4.69) is 27.6 Å². The van der Waals surface area contributed by atoms with Gasteiger partial charge in [-0.05, 0) is 26.1 Å². The number of aliphatic imine (C=N–C) groups is 1. The Morgan fingerprint density at radius 3 is 2.72 bits per heavy atom. The molecule has 0 saturated carbocycles. The standard InChI is InChI=1S/C17H28N4O3.HI/c1-5-18-17(19-11-14-12-21(2)8-9-24-14)20-13-6-7-15(22-3)16(10-13)23-4;/h6-7,10,14H,5,8-9,11-12H2,1-4H3,(H2,18,19,20);1H. The highest BCUT2D eigenvalue weighted by atomic mass is 127. The quantitative estimate of drug-likeness (QED) is 0.382. The Kier molecular flexibility index (Phi) is 9.91. The second-order valence-electron chi connectivity index (χ2n) is 5.67. The molecule has 1 aromatic rings. The molecule has 0 spiro atoms. The van der Waals surface area contributed by atoms with E-state index >= 15 is 0 Å². The van der Waals surface area contributed by atoms with Crippen molar-refractivity contribution >= 4 is 35.6 Å². The van der Waals surface area contributed by atoms with Crippen LogP contribution in [0.25, 0.3) is 0 Å². The van der Waals surface area contributed by atoms with Gasteiger partial charge in [0.05, 0.1) is 33.5 Å². The number of halogens is 1. The van der Waals surface area contributed by atoms with Crippen LogP contribution in [0.1, 0.15) is 6.92 Å². The highest BCUT2D eigenvalue weighted by Gasteiger charge is 2.17. The van der Waals surface area contributed by atoms with Crippen LogP contribution >= 0.6 is 24.0 Å². The molecule has 25 heavy (non-hydrogen) atoms. The van der Waals surface area contributed by atoms with Gasteiger partial charge in [-0.1, -0.05) is 0 Å². The fraction of sp³-hybridized carbons (Fsp3) is 0.588. The molecule has 1 aromatic carbocycles. The normalized spacial score (nSPS) is 18.2. The van der Waals surface area contributed by atoms with Gasteiger partial charge in [0, 0.05) is 31.4 Å². The van der Waals surface area contributed by atoms with Crippen LogP contribution in [0.4, 0.5) is 5.69 Å². The third kappa shape index (κ3) is 6.87. The van der Waals surface area contributed by atoms with E-state index < -0.39 is 0 Å². The molecule has 1 aliphatic rings. The predicted molar refractivity (Wildman–Crippen MR) is 112 cm³/mol. The molecule has 1 unspecified atom stereocenters. The number of nitrogens with zero attached hydrogens (tertiary/aromatic N) is 2. The summed E-state index contributed by atoms with van der Waals surface area (Å²) in [6.07, 6.45) is 0.129. The lowest BCUT2D eigenvalue weighted by molar-refractivity contribution is -0.0136. The molecule has 0 aliphatic carbocycles. The van der Waals surface area contributed by atoms with Crippen molar-refractivity contribution in [2.45, 2.75) is 13.0 Å². The maximum Gasteiger partial charge on any atom is 0.195 e. The fourth-order valence-corrected chi connectivity index (χ4v) is 2.53. The van der Waals surface area contributed by atoms with Gasteiger partial charge in [-0.3, -0.25) is 4.99 Å². The minimum Gasteiger partial charge on any atom is -0.493 e. The first-order valence-electron chi connectivity index (χ1n) is 8.23. The lowest BCUT2D eigenvalue weighted by Gasteiger charge is -2.29.